The average molecular weight is 577 g/mol. The molecule has 0 saturated heterocycles. The Kier molecular flexibility index (Phi) is 8.41. The summed E-state index contributed by atoms with van der Waals surface area (Å²) in [5.74, 6) is 1.64. The van der Waals surface area contributed by atoms with E-state index in [1.165, 1.54) is 23.5 Å². The molecule has 214 valence electrons. The van der Waals surface area contributed by atoms with Crippen LogP contribution in [0, 0.1) is 6.92 Å². The Labute approximate surface area is 239 Å². The van der Waals surface area contributed by atoms with Crippen LogP contribution in [0.15, 0.2) is 76.0 Å². The van der Waals surface area contributed by atoms with Crippen molar-refractivity contribution in [2.45, 2.75) is 44.0 Å². The molecule has 0 saturated carbocycles. The average Bonchev–Trinajstić information content (AvgIpc) is 3.36. The van der Waals surface area contributed by atoms with Gasteiger partial charge in [0.15, 0.2) is 0 Å². The molecule has 3 aromatic carbocycles. The maximum absolute atomic E-state index is 13.5. The van der Waals surface area contributed by atoms with Crippen LogP contribution in [-0.4, -0.2) is 49.0 Å². The number of aryl methyl sites for hydroxylation is 2. The number of hydrogen-bond acceptors (Lipinski definition) is 7. The van der Waals surface area contributed by atoms with Crippen LogP contribution in [0.1, 0.15) is 34.6 Å². The number of ether oxygens (including phenoxy) is 2. The van der Waals surface area contributed by atoms with Crippen LogP contribution in [-0.2, 0) is 40.6 Å². The molecule has 10 heteroatoms. The summed E-state index contributed by atoms with van der Waals surface area (Å²) in [5.41, 5.74) is 4.24. The Bertz CT molecular complexity index is 1630. The monoisotopic (exact) mass is 576 g/mol. The summed E-state index contributed by atoms with van der Waals surface area (Å²) in [4.78, 5) is 16.1. The van der Waals surface area contributed by atoms with E-state index in [2.05, 4.69) is 4.98 Å². The predicted octanol–water partition coefficient (Wildman–Crippen LogP) is 5.04. The molecule has 0 amide bonds. The standard InChI is InChI=1S/C31H32N2O7S/c1-21-28(32-31(40-21)23-6-4-3-5-7-23)17-19-39-29-14-8-22(9-15-30(34)35)27-20-33(18-16-26(27)29)41(36,37)25-12-10-24(38-2)11-13-25/h3-8,10-14H,9,15-20H2,1-2H3,(H,34,35). The molecule has 5 rings (SSSR count). The Morgan fingerprint density at radius 3 is 2.49 bits per heavy atom. The summed E-state index contributed by atoms with van der Waals surface area (Å²) in [6, 6.07) is 19.7. The van der Waals surface area contributed by atoms with E-state index in [-0.39, 0.29) is 24.4 Å². The van der Waals surface area contributed by atoms with Crippen molar-refractivity contribution < 1.29 is 32.2 Å². The molecule has 0 spiro atoms. The maximum Gasteiger partial charge on any atom is 0.303 e. The summed E-state index contributed by atoms with van der Waals surface area (Å²) >= 11 is 0. The molecule has 0 aliphatic carbocycles. The minimum Gasteiger partial charge on any atom is -0.497 e. The van der Waals surface area contributed by atoms with Gasteiger partial charge in [-0.05, 0) is 73.4 Å². The molecule has 0 atom stereocenters. The fourth-order valence-corrected chi connectivity index (χ4v) is 6.43. The van der Waals surface area contributed by atoms with Crippen molar-refractivity contribution >= 4 is 16.0 Å². The van der Waals surface area contributed by atoms with Gasteiger partial charge >= 0.3 is 5.97 Å². The van der Waals surface area contributed by atoms with Crippen LogP contribution in [0.2, 0.25) is 0 Å². The smallest absolute Gasteiger partial charge is 0.303 e. The third kappa shape index (κ3) is 6.28. The second-order valence-corrected chi connectivity index (χ2v) is 11.8. The molecule has 0 unspecified atom stereocenters. The zero-order valence-corrected chi connectivity index (χ0v) is 23.8. The first kappa shape index (κ1) is 28.4. The largest absolute Gasteiger partial charge is 0.497 e. The van der Waals surface area contributed by atoms with E-state index < -0.39 is 16.0 Å². The van der Waals surface area contributed by atoms with Gasteiger partial charge in [-0.25, -0.2) is 13.4 Å². The molecule has 0 fully saturated rings. The number of aliphatic carboxylic acids is 1. The molecule has 1 aromatic heterocycles. The van der Waals surface area contributed by atoms with Gasteiger partial charge in [-0.1, -0.05) is 24.3 Å². The predicted molar refractivity (Wildman–Crippen MR) is 153 cm³/mol. The molecule has 1 aliphatic rings. The van der Waals surface area contributed by atoms with Gasteiger partial charge in [-0.15, -0.1) is 0 Å². The summed E-state index contributed by atoms with van der Waals surface area (Å²) < 4.78 is 45.6. The quantitative estimate of drug-likeness (QED) is 0.264. The number of benzene rings is 3. The van der Waals surface area contributed by atoms with Crippen molar-refractivity contribution in [3.63, 3.8) is 0 Å². The van der Waals surface area contributed by atoms with Gasteiger partial charge in [0.25, 0.3) is 0 Å². The number of sulfonamides is 1. The first-order valence-corrected chi connectivity index (χ1v) is 14.8. The fourth-order valence-electron chi connectivity index (χ4n) is 5.02. The van der Waals surface area contributed by atoms with Gasteiger partial charge in [0.2, 0.25) is 15.9 Å². The topological polar surface area (TPSA) is 119 Å². The lowest BCUT2D eigenvalue weighted by molar-refractivity contribution is -0.136. The number of rotatable bonds is 11. The second kappa shape index (κ2) is 12.2. The summed E-state index contributed by atoms with van der Waals surface area (Å²) in [6.07, 6.45) is 1.24. The Balaban J connectivity index is 1.35. The van der Waals surface area contributed by atoms with Crippen molar-refractivity contribution in [2.75, 3.05) is 20.3 Å². The number of carboxylic acid groups (broad SMARTS) is 1. The summed E-state index contributed by atoms with van der Waals surface area (Å²) in [7, 11) is -2.24. The third-order valence-corrected chi connectivity index (χ3v) is 9.11. The minimum absolute atomic E-state index is 0.0486. The first-order valence-electron chi connectivity index (χ1n) is 13.4. The Morgan fingerprint density at radius 1 is 1.02 bits per heavy atom. The molecule has 0 radical (unpaired) electrons. The van der Waals surface area contributed by atoms with Crippen LogP contribution in [0.25, 0.3) is 11.5 Å². The van der Waals surface area contributed by atoms with Crippen LogP contribution in [0.5, 0.6) is 11.5 Å². The number of methoxy groups -OCH3 is 1. The minimum atomic E-state index is -3.77. The van der Waals surface area contributed by atoms with Gasteiger partial charge in [-0.2, -0.15) is 4.31 Å². The molecule has 9 nitrogen and oxygen atoms in total. The lowest BCUT2D eigenvalue weighted by atomic mass is 9.92. The number of hydrogen-bond donors (Lipinski definition) is 1. The highest BCUT2D eigenvalue weighted by molar-refractivity contribution is 7.89. The molecular weight excluding hydrogens is 544 g/mol. The van der Waals surface area contributed by atoms with Gasteiger partial charge in [0.05, 0.1) is 24.3 Å². The van der Waals surface area contributed by atoms with E-state index in [0.717, 1.165) is 33.7 Å². The molecule has 41 heavy (non-hydrogen) atoms. The molecule has 1 aliphatic heterocycles. The second-order valence-electron chi connectivity index (χ2n) is 9.82. The van der Waals surface area contributed by atoms with E-state index in [1.54, 1.807) is 12.1 Å². The van der Waals surface area contributed by atoms with Crippen molar-refractivity contribution in [1.82, 2.24) is 9.29 Å². The van der Waals surface area contributed by atoms with Gasteiger partial charge in [0.1, 0.15) is 17.3 Å². The van der Waals surface area contributed by atoms with Crippen LogP contribution >= 0.6 is 0 Å². The van der Waals surface area contributed by atoms with Crippen molar-refractivity contribution in [3.8, 4) is 23.0 Å². The highest BCUT2D eigenvalue weighted by atomic mass is 32.2. The lowest BCUT2D eigenvalue weighted by Crippen LogP contribution is -2.36. The molecule has 1 N–H and O–H groups in total. The number of carbonyl (C=O) groups is 1. The number of oxazole rings is 1. The van der Waals surface area contributed by atoms with Crippen LogP contribution in [0.4, 0.5) is 0 Å². The van der Waals surface area contributed by atoms with E-state index in [1.807, 2.05) is 49.4 Å². The van der Waals surface area contributed by atoms with E-state index in [0.29, 0.717) is 43.3 Å². The Morgan fingerprint density at radius 2 is 1.78 bits per heavy atom. The van der Waals surface area contributed by atoms with Gasteiger partial charge in [-0.3, -0.25) is 4.79 Å². The zero-order chi connectivity index (χ0) is 29.0. The van der Waals surface area contributed by atoms with Crippen LogP contribution < -0.4 is 9.47 Å². The summed E-state index contributed by atoms with van der Waals surface area (Å²) in [6.45, 7) is 2.66. The maximum atomic E-state index is 13.5. The Hall–Kier alpha value is -4.15. The lowest BCUT2D eigenvalue weighted by Gasteiger charge is -2.31. The van der Waals surface area contributed by atoms with E-state index >= 15 is 0 Å². The third-order valence-electron chi connectivity index (χ3n) is 7.25. The highest BCUT2D eigenvalue weighted by Gasteiger charge is 2.31. The number of fused-ring (bicyclic) bond motifs is 1. The van der Waals surface area contributed by atoms with E-state index in [9.17, 15) is 18.3 Å². The van der Waals surface area contributed by atoms with Crippen molar-refractivity contribution in [1.29, 1.82) is 0 Å². The number of aromatic nitrogens is 1. The van der Waals surface area contributed by atoms with E-state index in [4.69, 9.17) is 13.9 Å². The molecular formula is C31H32N2O7S. The van der Waals surface area contributed by atoms with Gasteiger partial charge < -0.3 is 19.0 Å². The number of carboxylic acids is 1. The molecule has 0 bridgehead atoms. The van der Waals surface area contributed by atoms with Crippen molar-refractivity contribution in [2.24, 2.45) is 0 Å². The molecule has 4 aromatic rings. The van der Waals surface area contributed by atoms with Gasteiger partial charge in [0, 0.05) is 37.1 Å². The number of nitrogens with zero attached hydrogens (tertiary/aromatic N) is 2. The highest BCUT2D eigenvalue weighted by Crippen LogP contribution is 2.34. The SMILES string of the molecule is COc1ccc(S(=O)(=O)N2CCc3c(OCCc4nc(-c5ccccc5)oc4C)ccc(CCC(=O)O)c3C2)cc1. The van der Waals surface area contributed by atoms with Crippen LogP contribution in [0.3, 0.4) is 0 Å². The normalized spacial score (nSPS) is 13.5. The first-order chi connectivity index (χ1) is 19.8. The van der Waals surface area contributed by atoms with Crippen molar-refractivity contribution in [3.05, 3.63) is 94.9 Å². The zero-order valence-electron chi connectivity index (χ0n) is 23.0. The molecule has 2 heterocycles. The summed E-state index contributed by atoms with van der Waals surface area (Å²) in [5, 5.41) is 9.27. The fraction of sp³-hybridized carbons (Fsp3) is 0.290.